The van der Waals surface area contributed by atoms with Crippen molar-refractivity contribution in [1.29, 1.82) is 5.26 Å². The van der Waals surface area contributed by atoms with E-state index >= 15 is 0 Å². The minimum Gasteiger partial charge on any atom is -0.452 e. The SMILES string of the molecule is C[C@@H]1CCc2c(sc(NC(=O)COC(=O)c3cccc(S(=O)(=O)N4CCCC4)c3)c2C#N)C1. The third-order valence-corrected chi connectivity index (χ3v) is 9.05. The predicted octanol–water partition coefficient (Wildman–Crippen LogP) is 3.32. The molecule has 10 heteroatoms. The summed E-state index contributed by atoms with van der Waals surface area (Å²) in [7, 11) is -3.66. The summed E-state index contributed by atoms with van der Waals surface area (Å²) >= 11 is 1.40. The molecular weight excluding hydrogens is 462 g/mol. The number of ether oxygens (including phenoxy) is 1. The van der Waals surface area contributed by atoms with Gasteiger partial charge in [-0.3, -0.25) is 4.79 Å². The van der Waals surface area contributed by atoms with E-state index in [1.165, 1.54) is 39.9 Å². The zero-order valence-corrected chi connectivity index (χ0v) is 19.9. The number of sulfonamides is 1. The van der Waals surface area contributed by atoms with Crippen LogP contribution in [-0.2, 0) is 32.4 Å². The topological polar surface area (TPSA) is 117 Å². The van der Waals surface area contributed by atoms with Crippen molar-refractivity contribution in [3.05, 3.63) is 45.8 Å². The highest BCUT2D eigenvalue weighted by Crippen LogP contribution is 2.39. The maximum Gasteiger partial charge on any atom is 0.338 e. The van der Waals surface area contributed by atoms with E-state index in [9.17, 15) is 23.3 Å². The van der Waals surface area contributed by atoms with Gasteiger partial charge in [0.25, 0.3) is 5.91 Å². The number of nitrogens with zero attached hydrogens (tertiary/aromatic N) is 2. The van der Waals surface area contributed by atoms with Crippen LogP contribution in [-0.4, -0.2) is 44.3 Å². The van der Waals surface area contributed by atoms with Crippen LogP contribution < -0.4 is 5.32 Å². The Bertz CT molecular complexity index is 1220. The lowest BCUT2D eigenvalue weighted by Crippen LogP contribution is -2.28. The standard InChI is InChI=1S/C23H25N3O5S2/c1-15-7-8-18-19(13-24)22(32-20(18)11-15)25-21(27)14-31-23(28)16-5-4-6-17(12-16)33(29,30)26-9-2-3-10-26/h4-6,12,15H,2-3,7-11,14H2,1H3,(H,25,27)/t15-/m1/s1. The normalized spacial score (nSPS) is 18.4. The van der Waals surface area contributed by atoms with E-state index in [1.54, 1.807) is 0 Å². The smallest absolute Gasteiger partial charge is 0.338 e. The number of anilines is 1. The number of fused-ring (bicyclic) bond motifs is 1. The van der Waals surface area contributed by atoms with Crippen molar-refractivity contribution in [3.63, 3.8) is 0 Å². The lowest BCUT2D eigenvalue weighted by Gasteiger charge is -2.17. The lowest BCUT2D eigenvalue weighted by atomic mass is 9.89. The molecule has 4 rings (SSSR count). The Morgan fingerprint density at radius 2 is 2.06 bits per heavy atom. The van der Waals surface area contributed by atoms with Crippen molar-refractivity contribution in [2.24, 2.45) is 5.92 Å². The van der Waals surface area contributed by atoms with E-state index in [2.05, 4.69) is 18.3 Å². The number of carbonyl (C=O) groups is 2. The van der Waals surface area contributed by atoms with Gasteiger partial charge in [-0.15, -0.1) is 11.3 Å². The molecule has 0 saturated carbocycles. The van der Waals surface area contributed by atoms with Gasteiger partial charge in [-0.2, -0.15) is 9.57 Å². The Hall–Kier alpha value is -2.74. The molecule has 0 unspecified atom stereocenters. The Morgan fingerprint density at radius 1 is 1.30 bits per heavy atom. The summed E-state index contributed by atoms with van der Waals surface area (Å²) in [5, 5.41) is 12.7. The molecule has 1 aliphatic heterocycles. The number of esters is 1. The number of carbonyl (C=O) groups excluding carboxylic acids is 2. The third kappa shape index (κ3) is 4.95. The third-order valence-electron chi connectivity index (χ3n) is 5.98. The molecule has 2 aliphatic rings. The number of amides is 1. The van der Waals surface area contributed by atoms with Crippen LogP contribution in [0.5, 0.6) is 0 Å². The van der Waals surface area contributed by atoms with Crippen molar-refractivity contribution in [2.45, 2.75) is 43.9 Å². The van der Waals surface area contributed by atoms with E-state index in [1.807, 2.05) is 0 Å². The van der Waals surface area contributed by atoms with E-state index in [0.717, 1.165) is 42.5 Å². The second kappa shape index (κ2) is 9.63. The average Bonchev–Trinajstić information content (AvgIpc) is 3.45. The summed E-state index contributed by atoms with van der Waals surface area (Å²) in [6.07, 6.45) is 4.34. The summed E-state index contributed by atoms with van der Waals surface area (Å²) in [4.78, 5) is 26.0. The molecule has 1 atom stereocenters. The summed E-state index contributed by atoms with van der Waals surface area (Å²) in [6.45, 7) is 2.56. The van der Waals surface area contributed by atoms with Crippen LogP contribution in [0.4, 0.5) is 5.00 Å². The molecule has 1 aromatic carbocycles. The second-order valence-electron chi connectivity index (χ2n) is 8.43. The van der Waals surface area contributed by atoms with Crippen molar-refractivity contribution < 1.29 is 22.7 Å². The molecule has 0 spiro atoms. The van der Waals surface area contributed by atoms with Gasteiger partial charge >= 0.3 is 5.97 Å². The highest BCUT2D eigenvalue weighted by molar-refractivity contribution is 7.89. The molecule has 1 amide bonds. The maximum absolute atomic E-state index is 12.7. The fraction of sp³-hybridized carbons (Fsp3) is 0.435. The van der Waals surface area contributed by atoms with E-state index in [-0.39, 0.29) is 10.5 Å². The number of thiophene rings is 1. The number of hydrogen-bond acceptors (Lipinski definition) is 7. The van der Waals surface area contributed by atoms with Gasteiger partial charge in [0.2, 0.25) is 10.0 Å². The van der Waals surface area contributed by atoms with Gasteiger partial charge in [0.05, 0.1) is 16.0 Å². The van der Waals surface area contributed by atoms with Gasteiger partial charge in [-0.1, -0.05) is 13.0 Å². The molecule has 1 aliphatic carbocycles. The van der Waals surface area contributed by atoms with Crippen LogP contribution >= 0.6 is 11.3 Å². The van der Waals surface area contributed by atoms with Crippen LogP contribution in [0.1, 0.15) is 52.5 Å². The van der Waals surface area contributed by atoms with Crippen molar-refractivity contribution in [3.8, 4) is 6.07 Å². The van der Waals surface area contributed by atoms with Gasteiger partial charge in [-0.05, 0) is 61.8 Å². The molecule has 1 saturated heterocycles. The van der Waals surface area contributed by atoms with Crippen LogP contribution in [0.2, 0.25) is 0 Å². The summed E-state index contributed by atoms with van der Waals surface area (Å²) in [5.41, 5.74) is 1.55. The van der Waals surface area contributed by atoms with Crippen molar-refractivity contribution in [1.82, 2.24) is 4.31 Å². The molecule has 8 nitrogen and oxygen atoms in total. The highest BCUT2D eigenvalue weighted by Gasteiger charge is 2.28. The van der Waals surface area contributed by atoms with E-state index < -0.39 is 28.5 Å². The predicted molar refractivity (Wildman–Crippen MR) is 124 cm³/mol. The fourth-order valence-corrected chi connectivity index (χ4v) is 7.14. The zero-order chi connectivity index (χ0) is 23.6. The molecule has 174 valence electrons. The van der Waals surface area contributed by atoms with Crippen LogP contribution in [0, 0.1) is 17.2 Å². The number of nitrogens with one attached hydrogen (secondary N) is 1. The first kappa shape index (κ1) is 23.4. The van der Waals surface area contributed by atoms with Crippen LogP contribution in [0.25, 0.3) is 0 Å². The first-order valence-corrected chi connectivity index (χ1v) is 13.2. The molecule has 1 N–H and O–H groups in total. The van der Waals surface area contributed by atoms with Gasteiger partial charge in [0.15, 0.2) is 6.61 Å². The number of rotatable bonds is 6. The van der Waals surface area contributed by atoms with Crippen LogP contribution in [0.15, 0.2) is 29.2 Å². The summed E-state index contributed by atoms with van der Waals surface area (Å²) < 4.78 is 32.0. The quantitative estimate of drug-likeness (QED) is 0.625. The second-order valence-corrected chi connectivity index (χ2v) is 11.5. The molecule has 1 aromatic heterocycles. The van der Waals surface area contributed by atoms with Gasteiger partial charge in [0, 0.05) is 18.0 Å². The molecule has 2 heterocycles. The Balaban J connectivity index is 1.40. The van der Waals surface area contributed by atoms with Crippen molar-refractivity contribution in [2.75, 3.05) is 25.0 Å². The van der Waals surface area contributed by atoms with Gasteiger partial charge in [-0.25, -0.2) is 13.2 Å². The molecule has 0 radical (unpaired) electrons. The fourth-order valence-electron chi connectivity index (χ4n) is 4.20. The summed E-state index contributed by atoms with van der Waals surface area (Å²) in [6, 6.07) is 7.84. The Labute approximate surface area is 197 Å². The van der Waals surface area contributed by atoms with E-state index in [0.29, 0.717) is 29.6 Å². The van der Waals surface area contributed by atoms with E-state index in [4.69, 9.17) is 4.74 Å². The van der Waals surface area contributed by atoms with Crippen LogP contribution in [0.3, 0.4) is 0 Å². The Kier molecular flexibility index (Phi) is 6.83. The summed E-state index contributed by atoms with van der Waals surface area (Å²) in [5.74, 6) is -0.798. The van der Waals surface area contributed by atoms with Crippen molar-refractivity contribution >= 4 is 38.2 Å². The average molecular weight is 488 g/mol. The number of nitriles is 1. The minimum absolute atomic E-state index is 0.0281. The Morgan fingerprint density at radius 3 is 2.79 bits per heavy atom. The molecule has 0 bridgehead atoms. The molecule has 33 heavy (non-hydrogen) atoms. The van der Waals surface area contributed by atoms with Gasteiger partial charge < -0.3 is 10.1 Å². The zero-order valence-electron chi connectivity index (χ0n) is 18.3. The minimum atomic E-state index is -3.66. The number of hydrogen-bond donors (Lipinski definition) is 1. The monoisotopic (exact) mass is 487 g/mol. The number of benzene rings is 1. The lowest BCUT2D eigenvalue weighted by molar-refractivity contribution is -0.119. The van der Waals surface area contributed by atoms with Gasteiger partial charge in [0.1, 0.15) is 11.1 Å². The highest BCUT2D eigenvalue weighted by atomic mass is 32.2. The molecule has 2 aromatic rings. The maximum atomic E-state index is 12.7. The largest absolute Gasteiger partial charge is 0.452 e. The molecular formula is C23H25N3O5S2. The first-order valence-electron chi connectivity index (χ1n) is 10.9. The first-order chi connectivity index (χ1) is 15.8. The molecule has 1 fully saturated rings.